The number of carbonyl (C=O) groups excluding carboxylic acids is 1. The van der Waals surface area contributed by atoms with Gasteiger partial charge in [-0.25, -0.2) is 0 Å². The molecule has 138 valence electrons. The average molecular weight is 363 g/mol. The molecule has 1 aliphatic heterocycles. The van der Waals surface area contributed by atoms with Crippen LogP contribution < -0.4 is 15.0 Å². The predicted octanol–water partition coefficient (Wildman–Crippen LogP) is 2.88. The van der Waals surface area contributed by atoms with Gasteiger partial charge in [0.05, 0.1) is 30.9 Å². The maximum atomic E-state index is 13.1. The molecule has 4 rings (SSSR count). The van der Waals surface area contributed by atoms with Crippen LogP contribution in [0.15, 0.2) is 60.9 Å². The summed E-state index contributed by atoms with van der Waals surface area (Å²) in [6.07, 6.45) is 4.97. The third-order valence-corrected chi connectivity index (χ3v) is 4.65. The van der Waals surface area contributed by atoms with E-state index in [0.717, 1.165) is 29.9 Å². The van der Waals surface area contributed by atoms with Gasteiger partial charge in [-0.15, -0.1) is 0 Å². The number of nitrogens with zero attached hydrogens (tertiary/aromatic N) is 4. The van der Waals surface area contributed by atoms with Crippen LogP contribution in [0.4, 0.5) is 11.4 Å². The minimum Gasteiger partial charge on any atom is -0.495 e. The van der Waals surface area contributed by atoms with E-state index in [1.54, 1.807) is 29.2 Å². The molecule has 1 unspecified atom stereocenters. The zero-order valence-corrected chi connectivity index (χ0v) is 15.1. The van der Waals surface area contributed by atoms with E-state index in [1.165, 1.54) is 0 Å². The summed E-state index contributed by atoms with van der Waals surface area (Å²) in [5.41, 5.74) is 2.52. The summed E-state index contributed by atoms with van der Waals surface area (Å²) in [4.78, 5) is 16.4. The van der Waals surface area contributed by atoms with Crippen molar-refractivity contribution < 1.29 is 9.53 Å². The topological polar surface area (TPSA) is 72.3 Å². The summed E-state index contributed by atoms with van der Waals surface area (Å²) in [7, 11) is 1.62. The molecule has 1 aromatic heterocycles. The second-order valence-corrected chi connectivity index (χ2v) is 6.37. The zero-order valence-electron chi connectivity index (χ0n) is 15.1. The van der Waals surface area contributed by atoms with Crippen molar-refractivity contribution in [1.82, 2.24) is 15.0 Å². The molecule has 1 N–H and O–H groups in total. The molecule has 7 nitrogen and oxygen atoms in total. The van der Waals surface area contributed by atoms with Gasteiger partial charge in [0.2, 0.25) is 5.91 Å². The fraction of sp³-hybridized carbons (Fsp3) is 0.250. The Hall–Kier alpha value is -3.35. The summed E-state index contributed by atoms with van der Waals surface area (Å²) in [5, 5.41) is 11.7. The lowest BCUT2D eigenvalue weighted by molar-refractivity contribution is -0.120. The molecule has 0 saturated carbocycles. The molecule has 1 atom stereocenters. The SMILES string of the molecule is COc1ccccc1N1CCCC(Nc2cccc(-n3nccn3)c2)C1=O. The van der Waals surface area contributed by atoms with Crippen LogP contribution in [0.2, 0.25) is 0 Å². The van der Waals surface area contributed by atoms with Crippen molar-refractivity contribution in [2.45, 2.75) is 18.9 Å². The molecule has 3 aromatic rings. The maximum absolute atomic E-state index is 13.1. The smallest absolute Gasteiger partial charge is 0.249 e. The highest BCUT2D eigenvalue weighted by atomic mass is 16.5. The van der Waals surface area contributed by atoms with Crippen LogP contribution in [-0.2, 0) is 4.79 Å². The van der Waals surface area contributed by atoms with Crippen LogP contribution >= 0.6 is 0 Å². The third kappa shape index (κ3) is 3.48. The molecule has 0 aliphatic carbocycles. The van der Waals surface area contributed by atoms with Crippen LogP contribution in [0, 0.1) is 0 Å². The maximum Gasteiger partial charge on any atom is 0.249 e. The lowest BCUT2D eigenvalue weighted by atomic mass is 10.0. The van der Waals surface area contributed by atoms with Gasteiger partial charge in [-0.05, 0) is 43.2 Å². The van der Waals surface area contributed by atoms with Crippen LogP contribution in [0.25, 0.3) is 5.69 Å². The Morgan fingerprint density at radius 2 is 1.93 bits per heavy atom. The highest BCUT2D eigenvalue weighted by Crippen LogP contribution is 2.31. The van der Waals surface area contributed by atoms with Crippen molar-refractivity contribution >= 4 is 17.3 Å². The summed E-state index contributed by atoms with van der Waals surface area (Å²) in [5.74, 6) is 0.756. The number of aromatic nitrogens is 3. The van der Waals surface area contributed by atoms with E-state index in [4.69, 9.17) is 4.74 Å². The van der Waals surface area contributed by atoms with E-state index < -0.39 is 0 Å². The number of rotatable bonds is 5. The molecular formula is C20H21N5O2. The number of methoxy groups -OCH3 is 1. The number of anilines is 2. The molecular weight excluding hydrogens is 342 g/mol. The number of benzene rings is 2. The Kier molecular flexibility index (Phi) is 4.74. The molecule has 2 aromatic carbocycles. The second-order valence-electron chi connectivity index (χ2n) is 6.37. The quantitative estimate of drug-likeness (QED) is 0.755. The lowest BCUT2D eigenvalue weighted by Gasteiger charge is -2.33. The van der Waals surface area contributed by atoms with Gasteiger partial charge in [0.1, 0.15) is 11.8 Å². The first-order valence-corrected chi connectivity index (χ1v) is 8.94. The summed E-state index contributed by atoms with van der Waals surface area (Å²) < 4.78 is 5.43. The standard InChI is InChI=1S/C20H21N5O2/c1-27-19-10-3-2-9-18(19)24-13-5-8-17(20(24)26)23-15-6-4-7-16(14-15)25-21-11-12-22-25/h2-4,6-7,9-12,14,17,23H,5,8,13H2,1H3. The highest BCUT2D eigenvalue weighted by molar-refractivity contribution is 6.00. The summed E-state index contributed by atoms with van der Waals surface area (Å²) >= 11 is 0. The van der Waals surface area contributed by atoms with Gasteiger partial charge >= 0.3 is 0 Å². The Labute approximate surface area is 157 Å². The van der Waals surface area contributed by atoms with Crippen LogP contribution in [-0.4, -0.2) is 40.6 Å². The van der Waals surface area contributed by atoms with Crippen LogP contribution in [0.3, 0.4) is 0 Å². The number of hydrogen-bond donors (Lipinski definition) is 1. The lowest BCUT2D eigenvalue weighted by Crippen LogP contribution is -2.47. The van der Waals surface area contributed by atoms with Crippen molar-refractivity contribution in [2.75, 3.05) is 23.9 Å². The summed E-state index contributed by atoms with van der Waals surface area (Å²) in [6.45, 7) is 0.689. The largest absolute Gasteiger partial charge is 0.495 e. The second kappa shape index (κ2) is 7.49. The minimum atomic E-state index is -0.288. The number of piperidine rings is 1. The predicted molar refractivity (Wildman–Crippen MR) is 103 cm³/mol. The molecule has 1 saturated heterocycles. The van der Waals surface area contributed by atoms with E-state index in [0.29, 0.717) is 12.3 Å². The highest BCUT2D eigenvalue weighted by Gasteiger charge is 2.31. The summed E-state index contributed by atoms with van der Waals surface area (Å²) in [6, 6.07) is 15.1. The molecule has 0 bridgehead atoms. The van der Waals surface area contributed by atoms with Crippen LogP contribution in [0.1, 0.15) is 12.8 Å². The first-order chi connectivity index (χ1) is 13.3. The van der Waals surface area contributed by atoms with E-state index in [-0.39, 0.29) is 11.9 Å². The Bertz CT molecular complexity index is 926. The number of ether oxygens (including phenoxy) is 1. The number of para-hydroxylation sites is 2. The van der Waals surface area contributed by atoms with E-state index >= 15 is 0 Å². The number of carbonyl (C=O) groups is 1. The Morgan fingerprint density at radius 3 is 2.74 bits per heavy atom. The molecule has 1 amide bonds. The molecule has 2 heterocycles. The normalized spacial score (nSPS) is 17.0. The van der Waals surface area contributed by atoms with Crippen molar-refractivity contribution in [1.29, 1.82) is 0 Å². The number of nitrogens with one attached hydrogen (secondary N) is 1. The zero-order chi connectivity index (χ0) is 18.6. The van der Waals surface area contributed by atoms with Gasteiger partial charge in [-0.3, -0.25) is 4.79 Å². The Balaban J connectivity index is 1.54. The molecule has 1 aliphatic rings. The van der Waals surface area contributed by atoms with Crippen LogP contribution in [0.5, 0.6) is 5.75 Å². The van der Waals surface area contributed by atoms with Gasteiger partial charge < -0.3 is 15.0 Å². The van der Waals surface area contributed by atoms with Crippen molar-refractivity contribution in [3.8, 4) is 11.4 Å². The van der Waals surface area contributed by atoms with Gasteiger partial charge in [0.15, 0.2) is 0 Å². The monoisotopic (exact) mass is 363 g/mol. The van der Waals surface area contributed by atoms with Crippen molar-refractivity contribution in [2.24, 2.45) is 0 Å². The molecule has 27 heavy (non-hydrogen) atoms. The number of hydrogen-bond acceptors (Lipinski definition) is 5. The van der Waals surface area contributed by atoms with Crippen molar-refractivity contribution in [3.05, 3.63) is 60.9 Å². The molecule has 1 fully saturated rings. The minimum absolute atomic E-state index is 0.0494. The first-order valence-electron chi connectivity index (χ1n) is 8.94. The third-order valence-electron chi connectivity index (χ3n) is 4.65. The fourth-order valence-corrected chi connectivity index (χ4v) is 3.37. The van der Waals surface area contributed by atoms with Gasteiger partial charge in [0.25, 0.3) is 0 Å². The van der Waals surface area contributed by atoms with E-state index in [1.807, 2.05) is 48.5 Å². The van der Waals surface area contributed by atoms with E-state index in [2.05, 4.69) is 15.5 Å². The fourth-order valence-electron chi connectivity index (χ4n) is 3.37. The number of amides is 1. The van der Waals surface area contributed by atoms with Gasteiger partial charge in [-0.2, -0.15) is 15.0 Å². The first kappa shape index (κ1) is 17.1. The molecule has 0 radical (unpaired) electrons. The van der Waals surface area contributed by atoms with E-state index in [9.17, 15) is 4.79 Å². The Morgan fingerprint density at radius 1 is 1.11 bits per heavy atom. The van der Waals surface area contributed by atoms with Gasteiger partial charge in [0, 0.05) is 12.2 Å². The van der Waals surface area contributed by atoms with Gasteiger partial charge in [-0.1, -0.05) is 18.2 Å². The van der Waals surface area contributed by atoms with Crippen molar-refractivity contribution in [3.63, 3.8) is 0 Å². The average Bonchev–Trinajstić information content (AvgIpc) is 3.25. The molecule has 7 heteroatoms. The molecule has 0 spiro atoms.